The summed E-state index contributed by atoms with van der Waals surface area (Å²) in [7, 11) is 1.35. The van der Waals surface area contributed by atoms with Gasteiger partial charge in [0.2, 0.25) is 5.54 Å². The molecular formula is C20H14F4N4OS. The molecule has 0 saturated heterocycles. The van der Waals surface area contributed by atoms with Gasteiger partial charge in [-0.05, 0) is 52.2 Å². The van der Waals surface area contributed by atoms with Crippen LogP contribution in [0.2, 0.25) is 0 Å². The van der Waals surface area contributed by atoms with Crippen LogP contribution in [0.1, 0.15) is 23.4 Å². The van der Waals surface area contributed by atoms with E-state index in [0.29, 0.717) is 5.56 Å². The topological polar surface area (TPSA) is 71.6 Å². The molecule has 154 valence electrons. The van der Waals surface area contributed by atoms with Crippen LogP contribution < -0.4 is 5.73 Å². The number of thiophene rings is 1. The van der Waals surface area contributed by atoms with Crippen molar-refractivity contribution < 1.29 is 22.4 Å². The van der Waals surface area contributed by atoms with Crippen LogP contribution in [0.15, 0.2) is 52.2 Å². The summed E-state index contributed by atoms with van der Waals surface area (Å²) >= 11 is 1.28. The lowest BCUT2D eigenvalue weighted by molar-refractivity contribution is -0.129. The number of hydrogen-bond donors (Lipinski definition) is 1. The highest BCUT2D eigenvalue weighted by molar-refractivity contribution is 7.08. The molecule has 1 amide bonds. The maximum absolute atomic E-state index is 14.6. The lowest BCUT2D eigenvalue weighted by atomic mass is 9.84. The number of nitrogens with two attached hydrogens (primary N) is 1. The van der Waals surface area contributed by atoms with E-state index in [1.54, 1.807) is 16.8 Å². The molecule has 0 aliphatic carbocycles. The molecule has 2 aromatic heterocycles. The van der Waals surface area contributed by atoms with E-state index in [0.717, 1.165) is 17.0 Å². The van der Waals surface area contributed by atoms with Gasteiger partial charge in [0.1, 0.15) is 5.69 Å². The monoisotopic (exact) mass is 434 g/mol. The molecule has 5 nitrogen and oxygen atoms in total. The first-order chi connectivity index (χ1) is 14.3. The number of pyridine rings is 1. The highest BCUT2D eigenvalue weighted by Gasteiger charge is 2.51. The zero-order chi connectivity index (χ0) is 21.6. The number of halogens is 4. The third-order valence-corrected chi connectivity index (χ3v) is 5.57. The van der Waals surface area contributed by atoms with Crippen molar-refractivity contribution in [3.05, 3.63) is 75.7 Å². The molecular weight excluding hydrogens is 420 g/mol. The first-order valence-corrected chi connectivity index (χ1v) is 9.61. The third kappa shape index (κ3) is 2.95. The van der Waals surface area contributed by atoms with Gasteiger partial charge in [0, 0.05) is 12.6 Å². The molecule has 0 radical (unpaired) electrons. The molecule has 1 atom stereocenters. The van der Waals surface area contributed by atoms with Crippen molar-refractivity contribution in [3.8, 4) is 11.1 Å². The molecule has 1 unspecified atom stereocenters. The van der Waals surface area contributed by atoms with E-state index in [2.05, 4.69) is 9.98 Å². The highest BCUT2D eigenvalue weighted by atomic mass is 32.1. The Hall–Kier alpha value is -3.27. The Balaban J connectivity index is 2.02. The van der Waals surface area contributed by atoms with Gasteiger partial charge in [0.15, 0.2) is 17.6 Å². The van der Waals surface area contributed by atoms with Crippen LogP contribution in [0.25, 0.3) is 11.1 Å². The molecule has 2 N–H and O–H groups in total. The number of amides is 1. The molecule has 4 rings (SSSR count). The Morgan fingerprint density at radius 2 is 1.97 bits per heavy atom. The van der Waals surface area contributed by atoms with E-state index in [9.17, 15) is 22.4 Å². The van der Waals surface area contributed by atoms with Crippen LogP contribution in [0, 0.1) is 11.6 Å². The number of aliphatic imine (C=N–C) groups is 1. The predicted molar refractivity (Wildman–Crippen MR) is 104 cm³/mol. The van der Waals surface area contributed by atoms with E-state index < -0.39 is 35.2 Å². The number of rotatable bonds is 4. The molecule has 3 aromatic rings. The number of aromatic nitrogens is 1. The van der Waals surface area contributed by atoms with Gasteiger partial charge in [-0.25, -0.2) is 27.5 Å². The van der Waals surface area contributed by atoms with Gasteiger partial charge >= 0.3 is 0 Å². The van der Waals surface area contributed by atoms with Crippen molar-refractivity contribution in [1.82, 2.24) is 9.88 Å². The Bertz CT molecular complexity index is 1170. The van der Waals surface area contributed by atoms with E-state index in [1.165, 1.54) is 36.6 Å². The maximum atomic E-state index is 14.6. The summed E-state index contributed by atoms with van der Waals surface area (Å²) in [6.07, 6.45) is -2.90. The molecule has 0 fully saturated rings. The standard InChI is InChI=1S/C20H14F4N4OS/c1-28-18(29)20(27-19(28)25,15-4-2-3-14(26-15)17(23)24)11-7-12(10-5-6-30-9-10)16(22)13(21)8-11/h2-9,17H,1H3,(H2,25,27). The average molecular weight is 434 g/mol. The maximum Gasteiger partial charge on any atom is 0.280 e. The minimum atomic E-state index is -2.90. The zero-order valence-electron chi connectivity index (χ0n) is 15.4. The summed E-state index contributed by atoms with van der Waals surface area (Å²) < 4.78 is 55.6. The van der Waals surface area contributed by atoms with Crippen molar-refractivity contribution in [2.75, 3.05) is 7.05 Å². The summed E-state index contributed by atoms with van der Waals surface area (Å²) in [5.74, 6) is -3.24. The van der Waals surface area contributed by atoms with Gasteiger partial charge in [0.25, 0.3) is 12.3 Å². The van der Waals surface area contributed by atoms with Gasteiger partial charge < -0.3 is 5.73 Å². The summed E-state index contributed by atoms with van der Waals surface area (Å²) in [4.78, 5) is 22.3. The summed E-state index contributed by atoms with van der Waals surface area (Å²) in [5, 5.41) is 3.30. The molecule has 1 aromatic carbocycles. The van der Waals surface area contributed by atoms with Crippen LogP contribution in [0.3, 0.4) is 0 Å². The fourth-order valence-electron chi connectivity index (χ4n) is 3.34. The Morgan fingerprint density at radius 3 is 2.57 bits per heavy atom. The third-order valence-electron chi connectivity index (χ3n) is 4.88. The summed E-state index contributed by atoms with van der Waals surface area (Å²) in [6.45, 7) is 0. The normalized spacial score (nSPS) is 18.9. The number of benzene rings is 1. The minimum absolute atomic E-state index is 0.0705. The molecule has 0 spiro atoms. The number of hydrogen-bond acceptors (Lipinski definition) is 5. The Morgan fingerprint density at radius 1 is 1.20 bits per heavy atom. The zero-order valence-corrected chi connectivity index (χ0v) is 16.3. The number of alkyl halides is 2. The lowest BCUT2D eigenvalue weighted by Gasteiger charge is -2.26. The largest absolute Gasteiger partial charge is 0.369 e. The van der Waals surface area contributed by atoms with Crippen LogP contribution in [-0.4, -0.2) is 28.8 Å². The first kappa shape index (κ1) is 20.0. The number of nitrogens with zero attached hydrogens (tertiary/aromatic N) is 3. The molecule has 3 heterocycles. The lowest BCUT2D eigenvalue weighted by Crippen LogP contribution is -2.41. The fourth-order valence-corrected chi connectivity index (χ4v) is 4.00. The van der Waals surface area contributed by atoms with E-state index >= 15 is 0 Å². The van der Waals surface area contributed by atoms with Gasteiger partial charge in [-0.3, -0.25) is 9.69 Å². The van der Waals surface area contributed by atoms with Crippen LogP contribution in [-0.2, 0) is 10.3 Å². The molecule has 1 aliphatic rings. The van der Waals surface area contributed by atoms with Crippen LogP contribution >= 0.6 is 11.3 Å². The molecule has 10 heteroatoms. The number of likely N-dealkylation sites (N-methyl/N-ethyl adjacent to an activating group) is 1. The highest BCUT2D eigenvalue weighted by Crippen LogP contribution is 2.41. The number of carbonyl (C=O) groups is 1. The average Bonchev–Trinajstić information content (AvgIpc) is 3.34. The summed E-state index contributed by atoms with van der Waals surface area (Å²) in [5.41, 5.74) is 3.30. The van der Waals surface area contributed by atoms with Gasteiger partial charge in [-0.2, -0.15) is 11.3 Å². The Labute approximate surface area is 172 Å². The minimum Gasteiger partial charge on any atom is -0.369 e. The van der Waals surface area contributed by atoms with Crippen molar-refractivity contribution >= 4 is 23.2 Å². The van der Waals surface area contributed by atoms with Gasteiger partial charge in [-0.15, -0.1) is 0 Å². The number of guanidine groups is 1. The van der Waals surface area contributed by atoms with Crippen molar-refractivity contribution in [2.45, 2.75) is 12.0 Å². The van der Waals surface area contributed by atoms with Crippen molar-refractivity contribution in [2.24, 2.45) is 10.7 Å². The summed E-state index contributed by atoms with van der Waals surface area (Å²) in [6, 6.07) is 7.39. The smallest absolute Gasteiger partial charge is 0.280 e. The molecule has 0 bridgehead atoms. The fraction of sp³-hybridized carbons (Fsp3) is 0.150. The van der Waals surface area contributed by atoms with E-state index in [-0.39, 0.29) is 22.8 Å². The van der Waals surface area contributed by atoms with Gasteiger partial charge in [0.05, 0.1) is 5.69 Å². The molecule has 0 saturated carbocycles. The first-order valence-electron chi connectivity index (χ1n) is 8.67. The van der Waals surface area contributed by atoms with Crippen LogP contribution in [0.5, 0.6) is 0 Å². The number of carbonyl (C=O) groups excluding carboxylic acids is 1. The van der Waals surface area contributed by atoms with Crippen LogP contribution in [0.4, 0.5) is 17.6 Å². The van der Waals surface area contributed by atoms with Crippen molar-refractivity contribution in [1.29, 1.82) is 0 Å². The van der Waals surface area contributed by atoms with E-state index in [1.807, 2.05) is 0 Å². The SMILES string of the molecule is CN1C(=O)C(c2cc(F)c(F)c(-c3ccsc3)c2)(c2cccc(C(F)F)n2)N=C1N. The molecule has 1 aliphatic heterocycles. The van der Waals surface area contributed by atoms with E-state index in [4.69, 9.17) is 5.73 Å². The van der Waals surface area contributed by atoms with Crippen molar-refractivity contribution in [3.63, 3.8) is 0 Å². The second-order valence-corrected chi connectivity index (χ2v) is 7.40. The molecule has 30 heavy (non-hydrogen) atoms. The second-order valence-electron chi connectivity index (χ2n) is 6.62. The Kier molecular flexibility index (Phi) is 4.81. The second kappa shape index (κ2) is 7.21. The predicted octanol–water partition coefficient (Wildman–Crippen LogP) is 4.06. The quantitative estimate of drug-likeness (QED) is 0.630. The van der Waals surface area contributed by atoms with Gasteiger partial charge in [-0.1, -0.05) is 6.07 Å².